The van der Waals surface area contributed by atoms with Gasteiger partial charge in [0.2, 0.25) is 0 Å². The zero-order chi connectivity index (χ0) is 25.7. The van der Waals surface area contributed by atoms with Gasteiger partial charge in [0.15, 0.2) is 23.4 Å². The maximum atomic E-state index is 14.0. The standard InChI is InChI=1S/C23H21ClFN3O7/c1-35-19-7-6-12(8-15(19)25)11-28-18(22(31)32)10-17(27-28)21(30)26-16(20(29)23(33)34)9-13-4-2-3-5-14(13)24/h2-8,10,16,20,29H,9,11H2,1H3,(H,26,30)(H,31,32)(H,33,34)/t16-,20-/m1/s1. The number of aromatic carboxylic acids is 1. The molecule has 1 amide bonds. The van der Waals surface area contributed by atoms with E-state index in [1.165, 1.54) is 19.2 Å². The second-order valence-electron chi connectivity index (χ2n) is 7.51. The summed E-state index contributed by atoms with van der Waals surface area (Å²) in [6.07, 6.45) is -2.09. The van der Waals surface area contributed by atoms with E-state index in [4.69, 9.17) is 16.3 Å². The van der Waals surface area contributed by atoms with Crippen LogP contribution in [0.4, 0.5) is 4.39 Å². The van der Waals surface area contributed by atoms with Crippen LogP contribution in [0.3, 0.4) is 0 Å². The van der Waals surface area contributed by atoms with E-state index in [1.807, 2.05) is 0 Å². The number of carboxylic acids is 2. The van der Waals surface area contributed by atoms with E-state index in [2.05, 4.69) is 10.4 Å². The van der Waals surface area contributed by atoms with Crippen molar-refractivity contribution in [2.45, 2.75) is 25.1 Å². The van der Waals surface area contributed by atoms with Gasteiger partial charge in [-0.25, -0.2) is 14.0 Å². The van der Waals surface area contributed by atoms with Crippen LogP contribution in [-0.4, -0.2) is 62.2 Å². The number of nitrogens with one attached hydrogen (secondary N) is 1. The highest BCUT2D eigenvalue weighted by Gasteiger charge is 2.30. The molecule has 0 bridgehead atoms. The summed E-state index contributed by atoms with van der Waals surface area (Å²) in [5.74, 6) is -4.51. The van der Waals surface area contributed by atoms with Crippen LogP contribution in [0, 0.1) is 5.82 Å². The number of aromatic nitrogens is 2. The molecule has 0 saturated carbocycles. The molecule has 3 rings (SSSR count). The van der Waals surface area contributed by atoms with Crippen LogP contribution >= 0.6 is 11.6 Å². The van der Waals surface area contributed by atoms with Crippen molar-refractivity contribution < 1.29 is 38.8 Å². The van der Waals surface area contributed by atoms with Crippen LogP contribution in [0.5, 0.6) is 5.75 Å². The number of aliphatic carboxylic acids is 1. The number of benzene rings is 2. The lowest BCUT2D eigenvalue weighted by atomic mass is 10.0. The predicted octanol–water partition coefficient (Wildman–Crippen LogP) is 2.22. The van der Waals surface area contributed by atoms with Crippen LogP contribution in [-0.2, 0) is 17.8 Å². The average molecular weight is 506 g/mol. The van der Waals surface area contributed by atoms with Crippen molar-refractivity contribution in [1.82, 2.24) is 15.1 Å². The number of aliphatic hydroxyl groups excluding tert-OH is 1. The van der Waals surface area contributed by atoms with E-state index in [0.717, 1.165) is 16.8 Å². The van der Waals surface area contributed by atoms with Gasteiger partial charge in [0.05, 0.1) is 19.7 Å². The summed E-state index contributed by atoms with van der Waals surface area (Å²) in [6, 6.07) is 10.2. The zero-order valence-electron chi connectivity index (χ0n) is 18.3. The Morgan fingerprint density at radius 2 is 1.89 bits per heavy atom. The molecule has 0 saturated heterocycles. The van der Waals surface area contributed by atoms with Crippen LogP contribution in [0.2, 0.25) is 5.02 Å². The number of amides is 1. The largest absolute Gasteiger partial charge is 0.494 e. The smallest absolute Gasteiger partial charge is 0.354 e. The van der Waals surface area contributed by atoms with Crippen molar-refractivity contribution in [1.29, 1.82) is 0 Å². The summed E-state index contributed by atoms with van der Waals surface area (Å²) in [5, 5.41) is 35.6. The number of ether oxygens (including phenoxy) is 1. The van der Waals surface area contributed by atoms with Crippen molar-refractivity contribution in [2.75, 3.05) is 7.11 Å². The van der Waals surface area contributed by atoms with E-state index >= 15 is 0 Å². The molecule has 0 aliphatic rings. The zero-order valence-corrected chi connectivity index (χ0v) is 19.1. The van der Waals surface area contributed by atoms with Gasteiger partial charge in [-0.3, -0.25) is 9.48 Å². The fourth-order valence-corrected chi connectivity index (χ4v) is 3.57. The highest BCUT2D eigenvalue weighted by atomic mass is 35.5. The van der Waals surface area contributed by atoms with Crippen LogP contribution in [0.15, 0.2) is 48.5 Å². The molecule has 3 aromatic rings. The minimum absolute atomic E-state index is 0.00860. The highest BCUT2D eigenvalue weighted by molar-refractivity contribution is 6.31. The molecule has 10 nitrogen and oxygen atoms in total. The molecule has 0 aliphatic heterocycles. The molecule has 12 heteroatoms. The van der Waals surface area contributed by atoms with Crippen molar-refractivity contribution in [3.05, 3.63) is 81.9 Å². The Morgan fingerprint density at radius 1 is 1.17 bits per heavy atom. The van der Waals surface area contributed by atoms with E-state index in [-0.39, 0.29) is 30.1 Å². The molecule has 2 aromatic carbocycles. The van der Waals surface area contributed by atoms with E-state index in [1.54, 1.807) is 24.3 Å². The molecule has 35 heavy (non-hydrogen) atoms. The quantitative estimate of drug-likeness (QED) is 0.327. The fraction of sp³-hybridized carbons (Fsp3) is 0.217. The molecule has 0 radical (unpaired) electrons. The van der Waals surface area contributed by atoms with Gasteiger partial charge in [-0.1, -0.05) is 35.9 Å². The summed E-state index contributed by atoms with van der Waals surface area (Å²) in [5.41, 5.74) is 0.155. The number of carbonyl (C=O) groups is 3. The van der Waals surface area contributed by atoms with E-state index in [0.29, 0.717) is 16.1 Å². The Bertz CT molecular complexity index is 1260. The SMILES string of the molecule is COc1ccc(Cn2nc(C(=O)N[C@H](Cc3ccccc3Cl)[C@@H](O)C(=O)O)cc2C(=O)O)cc1F. The molecule has 1 aromatic heterocycles. The Kier molecular flexibility index (Phi) is 8.05. The van der Waals surface area contributed by atoms with Gasteiger partial charge in [0.1, 0.15) is 5.69 Å². The molecule has 0 fully saturated rings. The third-order valence-corrected chi connectivity index (χ3v) is 5.50. The van der Waals surface area contributed by atoms with Gasteiger partial charge >= 0.3 is 11.9 Å². The van der Waals surface area contributed by atoms with Crippen LogP contribution in [0.25, 0.3) is 0 Å². The first kappa shape index (κ1) is 25.7. The lowest BCUT2D eigenvalue weighted by Crippen LogP contribution is -2.48. The fourth-order valence-electron chi connectivity index (χ4n) is 3.36. The first-order valence-electron chi connectivity index (χ1n) is 10.2. The van der Waals surface area contributed by atoms with Gasteiger partial charge in [-0.05, 0) is 35.7 Å². The topological polar surface area (TPSA) is 151 Å². The van der Waals surface area contributed by atoms with Crippen molar-refractivity contribution in [3.63, 3.8) is 0 Å². The third kappa shape index (κ3) is 6.14. The third-order valence-electron chi connectivity index (χ3n) is 5.13. The molecule has 0 spiro atoms. The number of rotatable bonds is 10. The maximum Gasteiger partial charge on any atom is 0.354 e. The van der Waals surface area contributed by atoms with Crippen LogP contribution < -0.4 is 10.1 Å². The summed E-state index contributed by atoms with van der Waals surface area (Å²) < 4.78 is 19.9. The molecular weight excluding hydrogens is 485 g/mol. The summed E-state index contributed by atoms with van der Waals surface area (Å²) in [7, 11) is 1.30. The van der Waals surface area contributed by atoms with E-state index in [9.17, 15) is 34.1 Å². The Labute approximate surface area is 203 Å². The van der Waals surface area contributed by atoms with Gasteiger partial charge in [-0.2, -0.15) is 5.10 Å². The predicted molar refractivity (Wildman–Crippen MR) is 121 cm³/mol. The molecule has 1 heterocycles. The molecule has 184 valence electrons. The average Bonchev–Trinajstić information content (AvgIpc) is 3.24. The van der Waals surface area contributed by atoms with Crippen molar-refractivity contribution in [2.24, 2.45) is 0 Å². The number of carbonyl (C=O) groups excluding carboxylic acids is 1. The number of aliphatic hydroxyl groups is 1. The Hall–Kier alpha value is -3.96. The number of halogens is 2. The van der Waals surface area contributed by atoms with E-state index < -0.39 is 35.8 Å². The summed E-state index contributed by atoms with van der Waals surface area (Å²) in [6.45, 7) is -0.170. The Balaban J connectivity index is 1.86. The van der Waals surface area contributed by atoms with Gasteiger partial charge in [0, 0.05) is 11.1 Å². The number of carboxylic acid groups (broad SMARTS) is 2. The van der Waals surface area contributed by atoms with Crippen molar-refractivity contribution in [3.8, 4) is 5.75 Å². The second kappa shape index (κ2) is 11.0. The Morgan fingerprint density at radius 3 is 2.49 bits per heavy atom. The molecule has 2 atom stereocenters. The molecule has 4 N–H and O–H groups in total. The maximum absolute atomic E-state index is 14.0. The number of hydrogen-bond acceptors (Lipinski definition) is 6. The number of nitrogens with zero attached hydrogens (tertiary/aromatic N) is 2. The monoisotopic (exact) mass is 505 g/mol. The van der Waals surface area contributed by atoms with Crippen molar-refractivity contribution >= 4 is 29.4 Å². The first-order chi connectivity index (χ1) is 16.6. The minimum atomic E-state index is -1.97. The first-order valence-corrected chi connectivity index (χ1v) is 10.6. The van der Waals surface area contributed by atoms with Crippen LogP contribution in [0.1, 0.15) is 32.1 Å². The molecule has 0 unspecified atom stereocenters. The highest BCUT2D eigenvalue weighted by Crippen LogP contribution is 2.20. The second-order valence-corrected chi connectivity index (χ2v) is 7.91. The van der Waals surface area contributed by atoms with Gasteiger partial charge < -0.3 is 25.4 Å². The number of methoxy groups -OCH3 is 1. The minimum Gasteiger partial charge on any atom is -0.494 e. The lowest BCUT2D eigenvalue weighted by molar-refractivity contribution is -0.148. The van der Waals surface area contributed by atoms with Gasteiger partial charge in [-0.15, -0.1) is 0 Å². The number of hydrogen-bond donors (Lipinski definition) is 4. The van der Waals surface area contributed by atoms with Gasteiger partial charge in [0.25, 0.3) is 5.91 Å². The molecule has 0 aliphatic carbocycles. The summed E-state index contributed by atoms with van der Waals surface area (Å²) >= 11 is 6.11. The lowest BCUT2D eigenvalue weighted by Gasteiger charge is -2.21. The summed E-state index contributed by atoms with van der Waals surface area (Å²) in [4.78, 5) is 35.9. The molecular formula is C23H21ClFN3O7. The normalized spacial score (nSPS) is 12.6.